The van der Waals surface area contributed by atoms with Gasteiger partial charge in [-0.1, -0.05) is 11.6 Å². The number of hydrogen-bond acceptors (Lipinski definition) is 1. The Morgan fingerprint density at radius 1 is 1.20 bits per heavy atom. The maximum absolute atomic E-state index is 11.5. The van der Waals surface area contributed by atoms with Gasteiger partial charge in [0, 0.05) is 5.39 Å². The van der Waals surface area contributed by atoms with Gasteiger partial charge in [-0.15, -0.1) is 0 Å². The zero-order chi connectivity index (χ0) is 10.4. The predicted octanol–water partition coefficient (Wildman–Crippen LogP) is 2.26. The maximum atomic E-state index is 11.5. The molecule has 3 rings (SSSR count). The van der Waals surface area contributed by atoms with Crippen LogP contribution in [0.3, 0.4) is 0 Å². The molecule has 3 heteroatoms. The number of pyridine rings is 1. The second-order valence-corrected chi connectivity index (χ2v) is 3.77. The van der Waals surface area contributed by atoms with E-state index in [1.54, 1.807) is 6.07 Å². The van der Waals surface area contributed by atoms with Crippen molar-refractivity contribution in [3.63, 3.8) is 0 Å². The Kier molecular flexibility index (Phi) is 1.51. The van der Waals surface area contributed by atoms with E-state index in [9.17, 15) is 5.21 Å². The van der Waals surface area contributed by atoms with E-state index in [-0.39, 0.29) is 0 Å². The van der Waals surface area contributed by atoms with E-state index in [0.717, 1.165) is 21.0 Å². The summed E-state index contributed by atoms with van der Waals surface area (Å²) in [5.41, 5.74) is 2.83. The molecule has 1 aromatic carbocycles. The van der Waals surface area contributed by atoms with Gasteiger partial charge < -0.3 is 5.21 Å². The van der Waals surface area contributed by atoms with Crippen LogP contribution in [0.5, 0.6) is 0 Å². The number of aromatic amines is 1. The SMILES string of the molecule is Cc1ccc2[nH]c3c(ccc[n+]3[O-])c2c1. The first kappa shape index (κ1) is 8.29. The van der Waals surface area contributed by atoms with E-state index >= 15 is 0 Å². The van der Waals surface area contributed by atoms with Crippen LogP contribution in [0.2, 0.25) is 0 Å². The summed E-state index contributed by atoms with van der Waals surface area (Å²) < 4.78 is 0.866. The molecule has 0 amide bonds. The molecule has 0 aliphatic heterocycles. The van der Waals surface area contributed by atoms with E-state index in [1.807, 2.05) is 25.1 Å². The minimum Gasteiger partial charge on any atom is -0.711 e. The Bertz CT molecular complexity index is 655. The summed E-state index contributed by atoms with van der Waals surface area (Å²) in [5, 5.41) is 13.6. The first-order valence-electron chi connectivity index (χ1n) is 4.86. The topological polar surface area (TPSA) is 42.7 Å². The molecule has 0 fully saturated rings. The molecule has 0 unspecified atom stereocenters. The van der Waals surface area contributed by atoms with Crippen molar-refractivity contribution < 1.29 is 4.73 Å². The quantitative estimate of drug-likeness (QED) is 0.437. The van der Waals surface area contributed by atoms with Crippen LogP contribution in [-0.2, 0) is 0 Å². The molecule has 74 valence electrons. The average molecular weight is 198 g/mol. The lowest BCUT2D eigenvalue weighted by molar-refractivity contribution is -0.578. The summed E-state index contributed by atoms with van der Waals surface area (Å²) in [6.07, 6.45) is 1.50. The lowest BCUT2D eigenvalue weighted by Gasteiger charge is -1.99. The van der Waals surface area contributed by atoms with Gasteiger partial charge in [0.05, 0.1) is 11.6 Å². The number of hydrogen-bond donors (Lipinski definition) is 1. The van der Waals surface area contributed by atoms with Crippen LogP contribution in [0.1, 0.15) is 5.56 Å². The molecular weight excluding hydrogens is 188 g/mol. The smallest absolute Gasteiger partial charge is 0.290 e. The molecule has 2 heterocycles. The molecular formula is C12H10N2O. The fourth-order valence-corrected chi connectivity index (χ4v) is 1.95. The number of nitrogens with zero attached hydrogens (tertiary/aromatic N) is 1. The molecule has 0 bridgehead atoms. The second-order valence-electron chi connectivity index (χ2n) is 3.77. The van der Waals surface area contributed by atoms with Crippen molar-refractivity contribution in [3.05, 3.63) is 47.3 Å². The van der Waals surface area contributed by atoms with Gasteiger partial charge in [-0.3, -0.25) is 0 Å². The van der Waals surface area contributed by atoms with Gasteiger partial charge in [0.25, 0.3) is 5.65 Å². The summed E-state index contributed by atoms with van der Waals surface area (Å²) >= 11 is 0. The molecule has 0 atom stereocenters. The zero-order valence-electron chi connectivity index (χ0n) is 8.32. The Hall–Kier alpha value is -2.03. The van der Waals surface area contributed by atoms with Gasteiger partial charge in [-0.2, -0.15) is 0 Å². The molecule has 3 nitrogen and oxygen atoms in total. The van der Waals surface area contributed by atoms with Gasteiger partial charge in [0.1, 0.15) is 5.52 Å². The van der Waals surface area contributed by atoms with Crippen molar-refractivity contribution in [1.29, 1.82) is 0 Å². The van der Waals surface area contributed by atoms with E-state index in [2.05, 4.69) is 11.1 Å². The fourth-order valence-electron chi connectivity index (χ4n) is 1.95. The minimum atomic E-state index is 0.623. The largest absolute Gasteiger partial charge is 0.711 e. The average Bonchev–Trinajstić information content (AvgIpc) is 2.58. The van der Waals surface area contributed by atoms with E-state index in [1.165, 1.54) is 11.8 Å². The van der Waals surface area contributed by atoms with Crippen LogP contribution in [0.25, 0.3) is 21.9 Å². The lowest BCUT2D eigenvalue weighted by atomic mass is 10.1. The van der Waals surface area contributed by atoms with Crippen LogP contribution in [0, 0.1) is 12.1 Å². The second kappa shape index (κ2) is 2.73. The Morgan fingerprint density at radius 3 is 2.93 bits per heavy atom. The molecule has 0 aliphatic rings. The summed E-state index contributed by atoms with van der Waals surface area (Å²) in [4.78, 5) is 3.12. The molecule has 15 heavy (non-hydrogen) atoms. The van der Waals surface area contributed by atoms with Crippen LogP contribution in [-0.4, -0.2) is 4.98 Å². The van der Waals surface area contributed by atoms with Crippen molar-refractivity contribution in [2.24, 2.45) is 0 Å². The third kappa shape index (κ3) is 1.09. The van der Waals surface area contributed by atoms with E-state index in [0.29, 0.717) is 5.65 Å². The standard InChI is InChI=1S/C12H10N2O/c1-8-4-5-11-10(7-8)9-3-2-6-14(15)12(9)13-11/h2-7,13H,1H3. The third-order valence-electron chi connectivity index (χ3n) is 2.68. The van der Waals surface area contributed by atoms with Crippen molar-refractivity contribution in [1.82, 2.24) is 4.98 Å². The Balaban J connectivity index is 2.58. The number of aromatic nitrogens is 2. The molecule has 3 aromatic rings. The molecule has 0 spiro atoms. The zero-order valence-corrected chi connectivity index (χ0v) is 8.32. The highest BCUT2D eigenvalue weighted by Gasteiger charge is 2.10. The first-order valence-corrected chi connectivity index (χ1v) is 4.86. The third-order valence-corrected chi connectivity index (χ3v) is 2.68. The Labute approximate surface area is 86.5 Å². The number of benzene rings is 1. The van der Waals surface area contributed by atoms with Crippen LogP contribution in [0.4, 0.5) is 0 Å². The molecule has 2 aromatic heterocycles. The highest BCUT2D eigenvalue weighted by atomic mass is 16.5. The van der Waals surface area contributed by atoms with Crippen molar-refractivity contribution in [3.8, 4) is 0 Å². The summed E-state index contributed by atoms with van der Waals surface area (Å²) in [7, 11) is 0. The van der Waals surface area contributed by atoms with Gasteiger partial charge in [0.15, 0.2) is 0 Å². The van der Waals surface area contributed by atoms with Crippen LogP contribution < -0.4 is 4.73 Å². The van der Waals surface area contributed by atoms with Crippen LogP contribution >= 0.6 is 0 Å². The molecule has 0 radical (unpaired) electrons. The monoisotopic (exact) mass is 198 g/mol. The maximum Gasteiger partial charge on any atom is 0.290 e. The minimum absolute atomic E-state index is 0.623. The fraction of sp³-hybridized carbons (Fsp3) is 0.0833. The Morgan fingerprint density at radius 2 is 2.07 bits per heavy atom. The number of nitrogens with one attached hydrogen (secondary N) is 1. The first-order chi connectivity index (χ1) is 7.25. The van der Waals surface area contributed by atoms with E-state index < -0.39 is 0 Å². The number of fused-ring (bicyclic) bond motifs is 3. The summed E-state index contributed by atoms with van der Waals surface area (Å²) in [6, 6.07) is 9.86. The van der Waals surface area contributed by atoms with Gasteiger partial charge in [0.2, 0.25) is 0 Å². The van der Waals surface area contributed by atoms with Gasteiger partial charge in [-0.05, 0) is 31.2 Å². The highest BCUT2D eigenvalue weighted by Crippen LogP contribution is 2.23. The normalized spacial score (nSPS) is 11.3. The number of H-pyrrole nitrogens is 1. The van der Waals surface area contributed by atoms with Crippen molar-refractivity contribution >= 4 is 21.9 Å². The van der Waals surface area contributed by atoms with Gasteiger partial charge in [-0.25, -0.2) is 9.71 Å². The molecule has 0 saturated heterocycles. The van der Waals surface area contributed by atoms with E-state index in [4.69, 9.17) is 0 Å². The summed E-state index contributed by atoms with van der Waals surface area (Å²) in [6.45, 7) is 2.05. The number of rotatable bonds is 0. The molecule has 0 aliphatic carbocycles. The molecule has 1 N–H and O–H groups in total. The lowest BCUT2D eigenvalue weighted by Crippen LogP contribution is -2.25. The van der Waals surface area contributed by atoms with Crippen LogP contribution in [0.15, 0.2) is 36.5 Å². The van der Waals surface area contributed by atoms with Gasteiger partial charge >= 0.3 is 0 Å². The van der Waals surface area contributed by atoms with Crippen molar-refractivity contribution in [2.45, 2.75) is 6.92 Å². The number of aryl methyl sites for hydroxylation is 1. The predicted molar refractivity (Wildman–Crippen MR) is 59.5 cm³/mol. The van der Waals surface area contributed by atoms with Crippen molar-refractivity contribution in [2.75, 3.05) is 0 Å². The highest BCUT2D eigenvalue weighted by molar-refractivity contribution is 6.04. The molecule has 0 saturated carbocycles. The summed E-state index contributed by atoms with van der Waals surface area (Å²) in [5.74, 6) is 0.